The lowest BCUT2D eigenvalue weighted by Gasteiger charge is -2.24. The molecular formula is C19H18N4OS. The van der Waals surface area contributed by atoms with E-state index in [4.69, 9.17) is 10.2 Å². The van der Waals surface area contributed by atoms with Crippen molar-refractivity contribution in [2.75, 3.05) is 6.54 Å². The van der Waals surface area contributed by atoms with Crippen LogP contribution in [0.3, 0.4) is 0 Å². The average Bonchev–Trinajstić information content (AvgIpc) is 3.29. The van der Waals surface area contributed by atoms with Gasteiger partial charge in [-0.3, -0.25) is 14.3 Å². The first-order valence-corrected chi connectivity index (χ1v) is 9.29. The number of nitrogens with zero attached hydrogens (tertiary/aromatic N) is 4. The Morgan fingerprint density at radius 3 is 2.96 bits per heavy atom. The largest absolute Gasteiger partial charge is 0.288 e. The van der Waals surface area contributed by atoms with E-state index in [0.29, 0.717) is 29.3 Å². The molecule has 1 atom stereocenters. The molecule has 126 valence electrons. The molecule has 4 rings (SSSR count). The number of nitriles is 1. The lowest BCUT2D eigenvalue weighted by Crippen LogP contribution is -2.30. The molecule has 1 fully saturated rings. The van der Waals surface area contributed by atoms with E-state index in [2.05, 4.69) is 28.5 Å². The predicted molar refractivity (Wildman–Crippen MR) is 98.3 cm³/mol. The monoisotopic (exact) mass is 350 g/mol. The summed E-state index contributed by atoms with van der Waals surface area (Å²) in [4.78, 5) is 21.2. The molecule has 6 heteroatoms. The van der Waals surface area contributed by atoms with Crippen molar-refractivity contribution in [3.05, 3.63) is 62.8 Å². The second-order valence-corrected chi connectivity index (χ2v) is 7.22. The number of aromatic nitrogens is 2. The van der Waals surface area contributed by atoms with Gasteiger partial charge in [0, 0.05) is 10.9 Å². The second-order valence-electron chi connectivity index (χ2n) is 6.24. The van der Waals surface area contributed by atoms with E-state index >= 15 is 0 Å². The molecule has 1 aliphatic rings. The standard InChI is InChI=1S/C19H18N4OS/c20-9-11-23-18(21-15-6-2-1-5-14(15)19(23)24)13-22-10-3-7-16(22)17-8-4-12-25-17/h1-2,4-6,8,12,16H,3,7,10-11,13H2/t16-/m0/s1. The second kappa shape index (κ2) is 6.79. The van der Waals surface area contributed by atoms with Gasteiger partial charge < -0.3 is 0 Å². The molecule has 2 aromatic heterocycles. The highest BCUT2D eigenvalue weighted by molar-refractivity contribution is 7.10. The minimum absolute atomic E-state index is 0.0313. The van der Waals surface area contributed by atoms with Gasteiger partial charge in [-0.05, 0) is 43.0 Å². The zero-order valence-corrected chi connectivity index (χ0v) is 14.6. The zero-order valence-electron chi connectivity index (χ0n) is 13.8. The van der Waals surface area contributed by atoms with E-state index in [-0.39, 0.29) is 12.1 Å². The van der Waals surface area contributed by atoms with Crippen LogP contribution in [-0.2, 0) is 13.1 Å². The van der Waals surface area contributed by atoms with Crippen molar-refractivity contribution >= 4 is 22.2 Å². The first kappa shape index (κ1) is 16.0. The fraction of sp³-hybridized carbons (Fsp3) is 0.316. The summed E-state index contributed by atoms with van der Waals surface area (Å²) in [6.45, 7) is 1.60. The molecular weight excluding hydrogens is 332 g/mol. The molecule has 0 amide bonds. The lowest BCUT2D eigenvalue weighted by atomic mass is 10.2. The van der Waals surface area contributed by atoms with Crippen LogP contribution < -0.4 is 5.56 Å². The molecule has 1 aromatic carbocycles. The van der Waals surface area contributed by atoms with Gasteiger partial charge in [-0.15, -0.1) is 11.3 Å². The van der Waals surface area contributed by atoms with Gasteiger partial charge in [0.2, 0.25) is 0 Å². The number of hydrogen-bond donors (Lipinski definition) is 0. The first-order chi connectivity index (χ1) is 12.3. The van der Waals surface area contributed by atoms with Crippen LogP contribution in [0, 0.1) is 11.3 Å². The van der Waals surface area contributed by atoms with Crippen LogP contribution in [-0.4, -0.2) is 21.0 Å². The molecule has 0 unspecified atom stereocenters. The van der Waals surface area contributed by atoms with Gasteiger partial charge in [-0.2, -0.15) is 5.26 Å². The van der Waals surface area contributed by atoms with Gasteiger partial charge in [0.1, 0.15) is 12.4 Å². The summed E-state index contributed by atoms with van der Waals surface area (Å²) in [6.07, 6.45) is 2.26. The third kappa shape index (κ3) is 2.97. The summed E-state index contributed by atoms with van der Waals surface area (Å²) in [5.74, 6) is 0.675. The normalized spacial score (nSPS) is 17.8. The molecule has 1 saturated heterocycles. The Bertz CT molecular complexity index is 987. The summed E-state index contributed by atoms with van der Waals surface area (Å²) in [5, 5.41) is 11.8. The number of thiophene rings is 1. The van der Waals surface area contributed by atoms with Crippen molar-refractivity contribution < 1.29 is 0 Å². The number of rotatable bonds is 4. The zero-order chi connectivity index (χ0) is 17.2. The summed E-state index contributed by atoms with van der Waals surface area (Å²) in [5.41, 5.74) is 0.567. The van der Waals surface area contributed by atoms with E-state index in [1.165, 1.54) is 9.44 Å². The molecule has 0 spiro atoms. The van der Waals surface area contributed by atoms with Crippen LogP contribution in [0.1, 0.15) is 29.6 Å². The van der Waals surface area contributed by atoms with Crippen molar-refractivity contribution in [3.8, 4) is 6.07 Å². The van der Waals surface area contributed by atoms with Gasteiger partial charge in [0.25, 0.3) is 5.56 Å². The van der Waals surface area contributed by atoms with Crippen LogP contribution in [0.4, 0.5) is 0 Å². The summed E-state index contributed by atoms with van der Waals surface area (Å²) >= 11 is 1.77. The fourth-order valence-corrected chi connectivity index (χ4v) is 4.46. The lowest BCUT2D eigenvalue weighted by molar-refractivity contribution is 0.241. The Kier molecular flexibility index (Phi) is 4.35. The highest BCUT2D eigenvalue weighted by atomic mass is 32.1. The quantitative estimate of drug-likeness (QED) is 0.724. The van der Waals surface area contributed by atoms with Gasteiger partial charge in [0.05, 0.1) is 23.5 Å². The Morgan fingerprint density at radius 1 is 1.28 bits per heavy atom. The Labute approximate surface area is 149 Å². The minimum Gasteiger partial charge on any atom is -0.288 e. The highest BCUT2D eigenvalue weighted by Crippen LogP contribution is 2.35. The Hall–Kier alpha value is -2.49. The maximum Gasteiger partial charge on any atom is 0.262 e. The molecule has 0 saturated carbocycles. The van der Waals surface area contributed by atoms with Crippen LogP contribution in [0.2, 0.25) is 0 Å². The van der Waals surface area contributed by atoms with E-state index in [1.807, 2.05) is 18.2 Å². The number of fused-ring (bicyclic) bond motifs is 1. The number of para-hydroxylation sites is 1. The molecule has 0 bridgehead atoms. The fourth-order valence-electron chi connectivity index (χ4n) is 3.57. The molecule has 5 nitrogen and oxygen atoms in total. The van der Waals surface area contributed by atoms with E-state index in [9.17, 15) is 4.79 Å². The topological polar surface area (TPSA) is 61.9 Å². The first-order valence-electron chi connectivity index (χ1n) is 8.41. The van der Waals surface area contributed by atoms with Crippen molar-refractivity contribution in [1.29, 1.82) is 5.26 Å². The van der Waals surface area contributed by atoms with Crippen molar-refractivity contribution in [3.63, 3.8) is 0 Å². The molecule has 0 aliphatic carbocycles. The van der Waals surface area contributed by atoms with Crippen molar-refractivity contribution in [1.82, 2.24) is 14.5 Å². The number of benzene rings is 1. The van der Waals surface area contributed by atoms with Crippen LogP contribution in [0.5, 0.6) is 0 Å². The van der Waals surface area contributed by atoms with Gasteiger partial charge in [-0.25, -0.2) is 4.98 Å². The highest BCUT2D eigenvalue weighted by Gasteiger charge is 2.28. The van der Waals surface area contributed by atoms with E-state index < -0.39 is 0 Å². The van der Waals surface area contributed by atoms with Gasteiger partial charge in [0.15, 0.2) is 0 Å². The minimum atomic E-state index is -0.131. The SMILES string of the molecule is N#CCn1c(CN2CCC[C@H]2c2cccs2)nc2ccccc2c1=O. The van der Waals surface area contributed by atoms with Gasteiger partial charge >= 0.3 is 0 Å². The van der Waals surface area contributed by atoms with Crippen LogP contribution >= 0.6 is 11.3 Å². The summed E-state index contributed by atoms with van der Waals surface area (Å²) in [6, 6.07) is 14.1. The molecule has 0 radical (unpaired) electrons. The van der Waals surface area contributed by atoms with Gasteiger partial charge in [-0.1, -0.05) is 18.2 Å². The van der Waals surface area contributed by atoms with Crippen LogP contribution in [0.15, 0.2) is 46.6 Å². The van der Waals surface area contributed by atoms with E-state index in [0.717, 1.165) is 19.4 Å². The van der Waals surface area contributed by atoms with Crippen LogP contribution in [0.25, 0.3) is 10.9 Å². The molecule has 1 aliphatic heterocycles. The number of likely N-dealkylation sites (tertiary alicyclic amines) is 1. The number of hydrogen-bond acceptors (Lipinski definition) is 5. The summed E-state index contributed by atoms with van der Waals surface area (Å²) < 4.78 is 1.52. The summed E-state index contributed by atoms with van der Waals surface area (Å²) in [7, 11) is 0. The third-order valence-electron chi connectivity index (χ3n) is 4.75. The predicted octanol–water partition coefficient (Wildman–Crippen LogP) is 3.32. The molecule has 3 aromatic rings. The Balaban J connectivity index is 1.74. The molecule has 25 heavy (non-hydrogen) atoms. The average molecular weight is 350 g/mol. The Morgan fingerprint density at radius 2 is 2.16 bits per heavy atom. The third-order valence-corrected chi connectivity index (χ3v) is 5.72. The maximum atomic E-state index is 12.8. The smallest absolute Gasteiger partial charge is 0.262 e. The molecule has 3 heterocycles. The molecule has 0 N–H and O–H groups in total. The van der Waals surface area contributed by atoms with E-state index in [1.54, 1.807) is 17.4 Å². The van der Waals surface area contributed by atoms with Crippen molar-refractivity contribution in [2.45, 2.75) is 32.0 Å². The van der Waals surface area contributed by atoms with Crippen molar-refractivity contribution in [2.24, 2.45) is 0 Å². The maximum absolute atomic E-state index is 12.8.